The van der Waals surface area contributed by atoms with E-state index in [9.17, 15) is 4.79 Å². The van der Waals surface area contributed by atoms with Crippen molar-refractivity contribution in [1.29, 1.82) is 0 Å². The number of carbonyl (C=O) groups excluding carboxylic acids is 1. The Kier molecular flexibility index (Phi) is 49.5. The Morgan fingerprint density at radius 1 is 0.806 bits per heavy atom. The van der Waals surface area contributed by atoms with Gasteiger partial charge in [0.15, 0.2) is 0 Å². The molecule has 0 aliphatic heterocycles. The zero-order chi connectivity index (χ0) is 22.6. The molecule has 0 rings (SSSR count). The minimum atomic E-state index is -0.931. The topological polar surface area (TPSA) is 106 Å². The van der Waals surface area contributed by atoms with E-state index < -0.39 is 16.1 Å². The summed E-state index contributed by atoms with van der Waals surface area (Å²) in [5, 5.41) is 1.06. The molecule has 0 radical (unpaired) electrons. The van der Waals surface area contributed by atoms with Gasteiger partial charge in [-0.3, -0.25) is 0 Å². The molecule has 0 saturated carbocycles. The third kappa shape index (κ3) is 71.9. The van der Waals surface area contributed by atoms with Gasteiger partial charge in [-0.2, -0.15) is 0 Å². The van der Waals surface area contributed by atoms with Gasteiger partial charge in [0.2, 0.25) is 0 Å². The van der Waals surface area contributed by atoms with Crippen LogP contribution in [0.4, 0.5) is 0 Å². The van der Waals surface area contributed by atoms with E-state index in [1.165, 1.54) is 12.1 Å². The Morgan fingerprint density at radius 2 is 1.13 bits per heavy atom. The van der Waals surface area contributed by atoms with Gasteiger partial charge in [-0.05, 0) is 31.9 Å². The monoisotopic (exact) mass is 1030 g/mol. The molecule has 13 heteroatoms. The van der Waals surface area contributed by atoms with Gasteiger partial charge in [0.1, 0.15) is 5.78 Å². The third-order valence-corrected chi connectivity index (χ3v) is 7.20. The van der Waals surface area contributed by atoms with Crippen molar-refractivity contribution in [2.75, 3.05) is 31.8 Å². The van der Waals surface area contributed by atoms with Crippen molar-refractivity contribution in [3.63, 3.8) is 0 Å². The number of alkyl halides is 1. The molecule has 0 fully saturated rings. The minimum absolute atomic E-state index is 0. The summed E-state index contributed by atoms with van der Waals surface area (Å²) in [6.07, 6.45) is 2.67. The van der Waals surface area contributed by atoms with Crippen LogP contribution >= 0.6 is 99.8 Å². The van der Waals surface area contributed by atoms with E-state index in [1.807, 2.05) is 0 Å². The molecular weight excluding hydrogens is 987 g/mol. The summed E-state index contributed by atoms with van der Waals surface area (Å²) in [6, 6.07) is 2.50. The first kappa shape index (κ1) is 48.0. The quantitative estimate of drug-likeness (QED) is 0.0829. The molecule has 31 heavy (non-hydrogen) atoms. The van der Waals surface area contributed by atoms with E-state index in [2.05, 4.69) is 115 Å². The number of Topliss-reactive ketones (excluding diaryl/α,β-unsaturated/α-hetero) is 1. The number of halogens is 5. The van der Waals surface area contributed by atoms with Gasteiger partial charge < -0.3 is 26.6 Å². The molecule has 5 nitrogen and oxygen atoms in total. The fourth-order valence-electron chi connectivity index (χ4n) is 1.54. The molecule has 0 spiro atoms. The molecule has 0 aromatic heterocycles. The summed E-state index contributed by atoms with van der Waals surface area (Å²) in [5.74, 6) is 0.258. The zero-order valence-corrected chi connectivity index (χ0v) is 34.4. The molecule has 6 N–H and O–H groups in total. The Balaban J connectivity index is -0.0000000799. The van der Waals surface area contributed by atoms with E-state index in [4.69, 9.17) is 9.47 Å². The van der Waals surface area contributed by atoms with Gasteiger partial charge in [0, 0.05) is 54.3 Å². The third-order valence-electron chi connectivity index (χ3n) is 3.23. The van der Waals surface area contributed by atoms with Gasteiger partial charge in [0.25, 0.3) is 0 Å². The number of ketones is 1. The van der Waals surface area contributed by atoms with Crippen LogP contribution in [0.25, 0.3) is 0 Å². The normalized spacial score (nSPS) is 10.3. The van der Waals surface area contributed by atoms with Crippen molar-refractivity contribution in [1.82, 2.24) is 12.3 Å². The van der Waals surface area contributed by atoms with Crippen LogP contribution in [0.5, 0.6) is 0 Å². The van der Waals surface area contributed by atoms with Crippen molar-refractivity contribution in [2.45, 2.75) is 77.6 Å². The van der Waals surface area contributed by atoms with Crippen LogP contribution in [-0.4, -0.2) is 53.7 Å². The molecule has 0 aliphatic carbocycles. The Labute approximate surface area is 258 Å². The fraction of sp³-hybridized carbons (Fsp3) is 0.944. The fourth-order valence-corrected chi connectivity index (χ4v) is 3.28. The van der Waals surface area contributed by atoms with Crippen LogP contribution in [0.15, 0.2) is 0 Å². The van der Waals surface area contributed by atoms with E-state index in [0.717, 1.165) is 44.6 Å². The van der Waals surface area contributed by atoms with E-state index in [1.54, 1.807) is 6.92 Å². The van der Waals surface area contributed by atoms with Crippen LogP contribution in [0, 0.1) is 0 Å². The Hall–Kier alpha value is 3.93. The molecule has 0 aromatic rings. The maximum absolute atomic E-state index is 10.6. The SMILES string of the molecule is CC(=O)CCCOCC[Si](C)(C)C.C[Si](C)(C)CCOCCCBr.I.N.N.[I][V]([I])[I]. The molecule has 0 atom stereocenters. The molecule has 0 aromatic carbocycles. The van der Waals surface area contributed by atoms with Crippen molar-refractivity contribution >= 4 is 122 Å². The average Bonchev–Trinajstić information content (AvgIpc) is 2.48. The summed E-state index contributed by atoms with van der Waals surface area (Å²) in [6.45, 7) is 19.3. The summed E-state index contributed by atoms with van der Waals surface area (Å²) in [7, 11) is -1.79. The van der Waals surface area contributed by atoms with Gasteiger partial charge in [-0.25, -0.2) is 0 Å². The van der Waals surface area contributed by atoms with Gasteiger partial charge in [-0.15, -0.1) is 24.0 Å². The molecule has 0 aliphatic rings. The van der Waals surface area contributed by atoms with Gasteiger partial charge >= 0.3 is 64.9 Å². The molecule has 196 valence electrons. The maximum atomic E-state index is 10.6. The average molecular weight is 1040 g/mol. The second kappa shape index (κ2) is 32.0. The first-order chi connectivity index (χ1) is 12.7. The second-order valence-corrected chi connectivity index (χ2v) is 56.3. The molecule has 0 unspecified atom stereocenters. The number of hydrogen-bond acceptors (Lipinski definition) is 5. The first-order valence-electron chi connectivity index (χ1n) is 9.69. The summed E-state index contributed by atoms with van der Waals surface area (Å²) >= 11 is 10.8. The van der Waals surface area contributed by atoms with Crippen LogP contribution in [0.3, 0.4) is 0 Å². The molecular formula is C18H48BrI4N2O3Si2V. The zero-order valence-electron chi connectivity index (χ0n) is 20.6. The van der Waals surface area contributed by atoms with Crippen LogP contribution in [-0.2, 0) is 19.2 Å². The van der Waals surface area contributed by atoms with Crippen LogP contribution in [0.2, 0.25) is 51.4 Å². The molecule has 0 saturated heterocycles. The van der Waals surface area contributed by atoms with E-state index in [-0.39, 0.29) is 47.0 Å². The molecule has 0 heterocycles. The molecule has 0 bridgehead atoms. The van der Waals surface area contributed by atoms with Crippen LogP contribution < -0.4 is 12.3 Å². The summed E-state index contributed by atoms with van der Waals surface area (Å²) < 4.78 is 10.9. The number of carbonyl (C=O) groups is 1. The van der Waals surface area contributed by atoms with Crippen LogP contribution in [0.1, 0.15) is 26.2 Å². The number of hydrogen-bond donors (Lipinski definition) is 2. The number of ether oxygens (including phenoxy) is 2. The Morgan fingerprint density at radius 3 is 1.39 bits per heavy atom. The summed E-state index contributed by atoms with van der Waals surface area (Å²) in [5.41, 5.74) is 0. The van der Waals surface area contributed by atoms with Crippen molar-refractivity contribution in [3.05, 3.63) is 0 Å². The Bertz CT molecular complexity index is 367. The van der Waals surface area contributed by atoms with Gasteiger partial charge in [0.05, 0.1) is 0 Å². The molecule has 0 amide bonds. The van der Waals surface area contributed by atoms with E-state index >= 15 is 0 Å². The summed E-state index contributed by atoms with van der Waals surface area (Å²) in [4.78, 5) is 10.3. The van der Waals surface area contributed by atoms with E-state index in [0.29, 0.717) is 6.42 Å². The van der Waals surface area contributed by atoms with Crippen molar-refractivity contribution < 1.29 is 19.2 Å². The first-order valence-corrected chi connectivity index (χ1v) is 31.7. The van der Waals surface area contributed by atoms with Crippen molar-refractivity contribution in [2.24, 2.45) is 0 Å². The standard InChI is InChI=1S/C10H22O2Si.C8H19BrOSi.4HI.2H3N.V/c1-10(11)6-5-7-12-8-9-13(2,3)4;1-11(2,3)8-7-10-6-4-5-9;;;;;;;/h5-9H2,1-4H3;4-8H2,1-3H3;4*1H;2*1H3;/q;;;;;;;;+3/p-3. The van der Waals surface area contributed by atoms with Crippen molar-refractivity contribution in [3.8, 4) is 0 Å². The van der Waals surface area contributed by atoms with Gasteiger partial charge in [-0.1, -0.05) is 55.2 Å². The predicted octanol–water partition coefficient (Wildman–Crippen LogP) is 9.43. The second-order valence-electron chi connectivity index (χ2n) is 8.89. The number of rotatable bonds is 13. The predicted molar refractivity (Wildman–Crippen MR) is 184 cm³/mol.